The van der Waals surface area contributed by atoms with Gasteiger partial charge in [0, 0.05) is 10.7 Å². The zero-order chi connectivity index (χ0) is 19.6. The molecule has 2 aromatic carbocycles. The second-order valence-corrected chi connectivity index (χ2v) is 7.56. The minimum absolute atomic E-state index is 0.243. The van der Waals surface area contributed by atoms with Crippen LogP contribution in [0, 0.1) is 13.8 Å². The number of hydrogen-bond donors (Lipinski definition) is 1. The zero-order valence-corrected chi connectivity index (χ0v) is 16.4. The standard InChI is InChI=1S/C20H17ClN2O3S/c1-12-7-8-16(13(2)9-12)22-18(24)11-23-19(25)17(27-20(23)26)10-14-5-3-4-6-15(14)21/h3-10H,11H2,1-2H3,(H,22,24)/b17-10-. The third-order valence-corrected chi connectivity index (χ3v) is 5.27. The minimum atomic E-state index is -0.499. The fourth-order valence-electron chi connectivity index (χ4n) is 2.66. The zero-order valence-electron chi connectivity index (χ0n) is 14.8. The highest BCUT2D eigenvalue weighted by atomic mass is 35.5. The van der Waals surface area contributed by atoms with E-state index >= 15 is 0 Å². The van der Waals surface area contributed by atoms with Crippen molar-refractivity contribution in [1.29, 1.82) is 0 Å². The molecule has 1 fully saturated rings. The summed E-state index contributed by atoms with van der Waals surface area (Å²) in [4.78, 5) is 38.2. The predicted octanol–water partition coefficient (Wildman–Crippen LogP) is 4.63. The van der Waals surface area contributed by atoms with E-state index in [2.05, 4.69) is 5.32 Å². The molecule has 0 bridgehead atoms. The van der Waals surface area contributed by atoms with Gasteiger partial charge >= 0.3 is 0 Å². The van der Waals surface area contributed by atoms with Crippen LogP contribution < -0.4 is 5.32 Å². The Labute approximate surface area is 166 Å². The average molecular weight is 401 g/mol. The molecule has 0 saturated carbocycles. The molecule has 27 heavy (non-hydrogen) atoms. The molecule has 1 N–H and O–H groups in total. The molecule has 3 rings (SSSR count). The molecule has 2 aromatic rings. The molecule has 0 spiro atoms. The molecule has 0 atom stereocenters. The van der Waals surface area contributed by atoms with Crippen LogP contribution in [0.1, 0.15) is 16.7 Å². The summed E-state index contributed by atoms with van der Waals surface area (Å²) < 4.78 is 0. The second-order valence-electron chi connectivity index (χ2n) is 6.16. The normalized spacial score (nSPS) is 15.5. The lowest BCUT2D eigenvalue weighted by Crippen LogP contribution is -2.36. The summed E-state index contributed by atoms with van der Waals surface area (Å²) in [5.41, 5.74) is 3.30. The lowest BCUT2D eigenvalue weighted by Gasteiger charge is -2.14. The molecule has 0 aliphatic carbocycles. The highest BCUT2D eigenvalue weighted by Crippen LogP contribution is 2.33. The number of halogens is 1. The first-order valence-corrected chi connectivity index (χ1v) is 9.41. The van der Waals surface area contributed by atoms with E-state index in [0.717, 1.165) is 27.8 Å². The number of carbonyl (C=O) groups is 3. The van der Waals surface area contributed by atoms with Crippen LogP contribution in [0.25, 0.3) is 6.08 Å². The van der Waals surface area contributed by atoms with Gasteiger partial charge in [0.15, 0.2) is 0 Å². The van der Waals surface area contributed by atoms with Crippen LogP contribution in [-0.4, -0.2) is 28.5 Å². The molecule has 1 heterocycles. The number of amides is 3. The Bertz CT molecular complexity index is 971. The second kappa shape index (κ2) is 7.98. The summed E-state index contributed by atoms with van der Waals surface area (Å²) in [6.45, 7) is 3.51. The minimum Gasteiger partial charge on any atom is -0.324 e. The Hall–Kier alpha value is -2.57. The number of nitrogens with one attached hydrogen (secondary N) is 1. The van der Waals surface area contributed by atoms with Crippen molar-refractivity contribution in [2.75, 3.05) is 11.9 Å². The van der Waals surface area contributed by atoms with Crippen LogP contribution >= 0.6 is 23.4 Å². The monoisotopic (exact) mass is 400 g/mol. The van der Waals surface area contributed by atoms with E-state index in [0.29, 0.717) is 16.3 Å². The summed E-state index contributed by atoms with van der Waals surface area (Å²) in [6, 6.07) is 12.7. The van der Waals surface area contributed by atoms with E-state index in [1.165, 1.54) is 0 Å². The van der Waals surface area contributed by atoms with Gasteiger partial charge in [-0.3, -0.25) is 19.3 Å². The molecule has 7 heteroatoms. The number of imide groups is 1. The fraction of sp³-hybridized carbons (Fsp3) is 0.150. The molecule has 0 radical (unpaired) electrons. The summed E-state index contributed by atoms with van der Waals surface area (Å²) >= 11 is 6.89. The van der Waals surface area contributed by atoms with Gasteiger partial charge in [0.1, 0.15) is 6.54 Å². The fourth-order valence-corrected chi connectivity index (χ4v) is 3.68. The predicted molar refractivity (Wildman–Crippen MR) is 109 cm³/mol. The molecule has 0 unspecified atom stereocenters. The highest BCUT2D eigenvalue weighted by Gasteiger charge is 2.36. The molecule has 1 aliphatic heterocycles. The smallest absolute Gasteiger partial charge is 0.294 e. The highest BCUT2D eigenvalue weighted by molar-refractivity contribution is 8.18. The van der Waals surface area contributed by atoms with Crippen LogP contribution in [-0.2, 0) is 9.59 Å². The molecular formula is C20H17ClN2O3S. The van der Waals surface area contributed by atoms with Gasteiger partial charge in [-0.15, -0.1) is 0 Å². The average Bonchev–Trinajstić information content (AvgIpc) is 2.87. The number of nitrogens with zero attached hydrogens (tertiary/aromatic N) is 1. The van der Waals surface area contributed by atoms with Crippen molar-refractivity contribution in [3.05, 3.63) is 69.1 Å². The van der Waals surface area contributed by atoms with Crippen molar-refractivity contribution in [2.45, 2.75) is 13.8 Å². The first-order chi connectivity index (χ1) is 12.8. The number of aryl methyl sites for hydroxylation is 2. The molecule has 1 aliphatic rings. The maximum atomic E-state index is 12.5. The van der Waals surface area contributed by atoms with E-state index in [4.69, 9.17) is 11.6 Å². The van der Waals surface area contributed by atoms with Gasteiger partial charge in [-0.1, -0.05) is 47.5 Å². The molecule has 5 nitrogen and oxygen atoms in total. The van der Waals surface area contributed by atoms with Gasteiger partial charge in [0.2, 0.25) is 5.91 Å². The van der Waals surface area contributed by atoms with E-state index in [1.807, 2.05) is 26.0 Å². The van der Waals surface area contributed by atoms with Crippen molar-refractivity contribution >= 4 is 52.2 Å². The quantitative estimate of drug-likeness (QED) is 0.759. The number of thioether (sulfide) groups is 1. The number of benzene rings is 2. The van der Waals surface area contributed by atoms with E-state index in [-0.39, 0.29) is 11.4 Å². The Kier molecular flexibility index (Phi) is 5.68. The summed E-state index contributed by atoms with van der Waals surface area (Å²) in [7, 11) is 0. The third kappa shape index (κ3) is 4.40. The summed E-state index contributed by atoms with van der Waals surface area (Å²) in [6.07, 6.45) is 1.56. The SMILES string of the molecule is Cc1ccc(NC(=O)CN2C(=O)S/C(=C\c3ccccc3Cl)C2=O)c(C)c1. The first-order valence-electron chi connectivity index (χ1n) is 8.22. The summed E-state index contributed by atoms with van der Waals surface area (Å²) in [5.74, 6) is -0.927. The molecule has 138 valence electrons. The van der Waals surface area contributed by atoms with Crippen LogP contribution in [0.4, 0.5) is 10.5 Å². The third-order valence-electron chi connectivity index (χ3n) is 4.02. The van der Waals surface area contributed by atoms with Crippen LogP contribution in [0.5, 0.6) is 0 Å². The first kappa shape index (κ1) is 19.2. The molecule has 0 aromatic heterocycles. The van der Waals surface area contributed by atoms with Gasteiger partial charge < -0.3 is 5.32 Å². The van der Waals surface area contributed by atoms with E-state index < -0.39 is 17.1 Å². The van der Waals surface area contributed by atoms with Crippen molar-refractivity contribution in [2.24, 2.45) is 0 Å². The van der Waals surface area contributed by atoms with Gasteiger partial charge in [0.25, 0.3) is 11.1 Å². The van der Waals surface area contributed by atoms with Crippen molar-refractivity contribution in [3.8, 4) is 0 Å². The van der Waals surface area contributed by atoms with Crippen molar-refractivity contribution in [3.63, 3.8) is 0 Å². The van der Waals surface area contributed by atoms with Crippen LogP contribution in [0.2, 0.25) is 5.02 Å². The number of anilines is 1. The topological polar surface area (TPSA) is 66.5 Å². The van der Waals surface area contributed by atoms with Gasteiger partial charge in [-0.2, -0.15) is 0 Å². The summed E-state index contributed by atoms with van der Waals surface area (Å²) in [5, 5.41) is 2.75. The maximum Gasteiger partial charge on any atom is 0.294 e. The number of rotatable bonds is 4. The van der Waals surface area contributed by atoms with E-state index in [9.17, 15) is 14.4 Å². The Morgan fingerprint density at radius 1 is 1.19 bits per heavy atom. The number of carbonyl (C=O) groups excluding carboxylic acids is 3. The van der Waals surface area contributed by atoms with Crippen molar-refractivity contribution in [1.82, 2.24) is 4.90 Å². The van der Waals surface area contributed by atoms with Gasteiger partial charge in [-0.25, -0.2) is 0 Å². The van der Waals surface area contributed by atoms with Crippen molar-refractivity contribution < 1.29 is 14.4 Å². The maximum absolute atomic E-state index is 12.5. The Morgan fingerprint density at radius 3 is 2.63 bits per heavy atom. The lowest BCUT2D eigenvalue weighted by atomic mass is 10.1. The van der Waals surface area contributed by atoms with E-state index in [1.54, 1.807) is 36.4 Å². The van der Waals surface area contributed by atoms with Gasteiger partial charge in [0.05, 0.1) is 4.91 Å². The van der Waals surface area contributed by atoms with Crippen LogP contribution in [0.3, 0.4) is 0 Å². The molecule has 3 amide bonds. The molecule has 1 saturated heterocycles. The largest absolute Gasteiger partial charge is 0.324 e. The molecular weight excluding hydrogens is 384 g/mol. The van der Waals surface area contributed by atoms with Crippen LogP contribution in [0.15, 0.2) is 47.4 Å². The lowest BCUT2D eigenvalue weighted by molar-refractivity contribution is -0.127. The Morgan fingerprint density at radius 2 is 1.93 bits per heavy atom. The Balaban J connectivity index is 1.72. The van der Waals surface area contributed by atoms with Gasteiger partial charge in [-0.05, 0) is 54.9 Å². The number of hydrogen-bond acceptors (Lipinski definition) is 4.